The average Bonchev–Trinajstić information content (AvgIpc) is 3.09. The first-order chi connectivity index (χ1) is 12.9. The van der Waals surface area contributed by atoms with Gasteiger partial charge in [0.2, 0.25) is 5.91 Å². The zero-order valence-corrected chi connectivity index (χ0v) is 16.2. The highest BCUT2D eigenvalue weighted by atomic mass is 32.1. The summed E-state index contributed by atoms with van der Waals surface area (Å²) in [5.41, 5.74) is 1.80. The molecule has 1 aliphatic rings. The maximum absolute atomic E-state index is 13.9. The van der Waals surface area contributed by atoms with E-state index in [0.717, 1.165) is 19.5 Å². The van der Waals surface area contributed by atoms with Gasteiger partial charge in [-0.15, -0.1) is 11.3 Å². The quantitative estimate of drug-likeness (QED) is 0.732. The van der Waals surface area contributed by atoms with Crippen LogP contribution in [0, 0.1) is 5.82 Å². The van der Waals surface area contributed by atoms with Crippen LogP contribution in [0.2, 0.25) is 0 Å². The van der Waals surface area contributed by atoms with Crippen molar-refractivity contribution in [2.75, 3.05) is 23.7 Å². The number of nitrogens with zero attached hydrogens (tertiary/aromatic N) is 1. The van der Waals surface area contributed by atoms with Gasteiger partial charge in [0.05, 0.1) is 5.69 Å². The highest BCUT2D eigenvalue weighted by Crippen LogP contribution is 2.25. The van der Waals surface area contributed by atoms with E-state index in [4.69, 9.17) is 0 Å². The van der Waals surface area contributed by atoms with Crippen LogP contribution in [0.3, 0.4) is 0 Å². The summed E-state index contributed by atoms with van der Waals surface area (Å²) in [6.45, 7) is 5.74. The van der Waals surface area contributed by atoms with Crippen LogP contribution in [0.5, 0.6) is 0 Å². The number of rotatable bonds is 5. The number of thiophene rings is 1. The number of halogens is 1. The van der Waals surface area contributed by atoms with Gasteiger partial charge in [-0.05, 0) is 48.6 Å². The van der Waals surface area contributed by atoms with Crippen molar-refractivity contribution in [1.29, 1.82) is 0 Å². The molecule has 3 N–H and O–H groups in total. The Balaban J connectivity index is 1.52. The molecule has 0 spiro atoms. The number of carbonyl (C=O) groups excluding carboxylic acids is 2. The first-order valence-corrected chi connectivity index (χ1v) is 9.71. The summed E-state index contributed by atoms with van der Waals surface area (Å²) in [5.74, 6) is -0.825. The third kappa shape index (κ3) is 5.05. The molecule has 3 rings (SSSR count). The Morgan fingerprint density at radius 2 is 2.11 bits per heavy atom. The first-order valence-electron chi connectivity index (χ1n) is 8.83. The van der Waals surface area contributed by atoms with Gasteiger partial charge in [0, 0.05) is 43.2 Å². The van der Waals surface area contributed by atoms with Gasteiger partial charge in [0.25, 0.3) is 0 Å². The molecule has 6 nitrogen and oxygen atoms in total. The van der Waals surface area contributed by atoms with Gasteiger partial charge >= 0.3 is 6.03 Å². The van der Waals surface area contributed by atoms with E-state index in [9.17, 15) is 14.0 Å². The Bertz CT molecular complexity index is 839. The Labute approximate surface area is 161 Å². The van der Waals surface area contributed by atoms with Crippen molar-refractivity contribution in [3.63, 3.8) is 0 Å². The molecule has 0 aliphatic carbocycles. The fraction of sp³-hybridized carbons (Fsp3) is 0.368. The number of amides is 3. The molecule has 27 heavy (non-hydrogen) atoms. The SMILES string of the molecule is CC(=O)Nc1ccc(F)c(NC(=O)NCC(C)N2CCc3sccc3C2)c1. The van der Waals surface area contributed by atoms with Crippen LogP contribution in [0.4, 0.5) is 20.6 Å². The van der Waals surface area contributed by atoms with Gasteiger partial charge in [0.15, 0.2) is 0 Å². The lowest BCUT2D eigenvalue weighted by Crippen LogP contribution is -2.45. The second-order valence-corrected chi connectivity index (χ2v) is 7.65. The van der Waals surface area contributed by atoms with E-state index < -0.39 is 11.8 Å². The Morgan fingerprint density at radius 3 is 2.89 bits per heavy atom. The largest absolute Gasteiger partial charge is 0.336 e. The molecule has 0 radical (unpaired) electrons. The molecule has 0 saturated carbocycles. The van der Waals surface area contributed by atoms with Gasteiger partial charge in [0.1, 0.15) is 5.82 Å². The van der Waals surface area contributed by atoms with E-state index in [1.54, 1.807) is 11.3 Å². The van der Waals surface area contributed by atoms with Crippen molar-refractivity contribution in [3.05, 3.63) is 45.9 Å². The van der Waals surface area contributed by atoms with Crippen molar-refractivity contribution in [2.24, 2.45) is 0 Å². The van der Waals surface area contributed by atoms with Crippen LogP contribution >= 0.6 is 11.3 Å². The molecule has 1 aromatic heterocycles. The Kier molecular flexibility index (Phi) is 6.08. The van der Waals surface area contributed by atoms with E-state index in [0.29, 0.717) is 12.2 Å². The summed E-state index contributed by atoms with van der Waals surface area (Å²) in [5, 5.41) is 9.97. The standard InChI is InChI=1S/C19H23FN4O2S/c1-12(24-7-5-18-14(11-24)6-8-27-18)10-21-19(26)23-17-9-15(22-13(2)25)3-4-16(17)20/h3-4,6,8-9,12H,5,7,10-11H2,1-2H3,(H,22,25)(H2,21,23,26). The number of anilines is 2. The lowest BCUT2D eigenvalue weighted by Gasteiger charge is -2.32. The second kappa shape index (κ2) is 8.49. The van der Waals surface area contributed by atoms with E-state index >= 15 is 0 Å². The van der Waals surface area contributed by atoms with Crippen molar-refractivity contribution < 1.29 is 14.0 Å². The summed E-state index contributed by atoms with van der Waals surface area (Å²) < 4.78 is 13.9. The molecule has 1 aliphatic heterocycles. The third-order valence-electron chi connectivity index (χ3n) is 4.55. The molecule has 0 bridgehead atoms. The van der Waals surface area contributed by atoms with Crippen LogP contribution in [-0.4, -0.2) is 36.0 Å². The maximum atomic E-state index is 13.9. The number of hydrogen-bond acceptors (Lipinski definition) is 4. The minimum Gasteiger partial charge on any atom is -0.336 e. The predicted molar refractivity (Wildman–Crippen MR) is 106 cm³/mol. The number of carbonyl (C=O) groups is 2. The number of fused-ring (bicyclic) bond motifs is 1. The third-order valence-corrected chi connectivity index (χ3v) is 5.58. The summed E-state index contributed by atoms with van der Waals surface area (Å²) in [6, 6.07) is 5.88. The molecule has 2 aromatic rings. The zero-order valence-electron chi connectivity index (χ0n) is 15.3. The summed E-state index contributed by atoms with van der Waals surface area (Å²) >= 11 is 1.80. The number of nitrogens with one attached hydrogen (secondary N) is 3. The topological polar surface area (TPSA) is 73.5 Å². The molecule has 2 heterocycles. The average molecular weight is 390 g/mol. The summed E-state index contributed by atoms with van der Waals surface area (Å²) in [6.07, 6.45) is 1.03. The van der Waals surface area contributed by atoms with E-state index in [-0.39, 0.29) is 17.6 Å². The summed E-state index contributed by atoms with van der Waals surface area (Å²) in [7, 11) is 0. The van der Waals surface area contributed by atoms with Crippen LogP contribution in [0.15, 0.2) is 29.6 Å². The van der Waals surface area contributed by atoms with Crippen molar-refractivity contribution in [1.82, 2.24) is 10.2 Å². The Morgan fingerprint density at radius 1 is 1.30 bits per heavy atom. The first kappa shape index (κ1) is 19.3. The van der Waals surface area contributed by atoms with Gasteiger partial charge in [-0.3, -0.25) is 9.69 Å². The molecular formula is C19H23FN4O2S. The minimum atomic E-state index is -0.562. The van der Waals surface area contributed by atoms with E-state index in [1.807, 2.05) is 0 Å². The number of hydrogen-bond donors (Lipinski definition) is 3. The van der Waals surface area contributed by atoms with Crippen molar-refractivity contribution in [3.8, 4) is 0 Å². The van der Waals surface area contributed by atoms with Gasteiger partial charge in [-0.25, -0.2) is 9.18 Å². The van der Waals surface area contributed by atoms with Crippen LogP contribution in [0.1, 0.15) is 24.3 Å². The maximum Gasteiger partial charge on any atom is 0.319 e. The second-order valence-electron chi connectivity index (χ2n) is 6.65. The Hall–Kier alpha value is -2.45. The molecule has 3 amide bonds. The minimum absolute atomic E-state index is 0.0206. The molecule has 144 valence electrons. The molecule has 1 atom stereocenters. The fourth-order valence-electron chi connectivity index (χ4n) is 3.08. The lowest BCUT2D eigenvalue weighted by atomic mass is 10.1. The van der Waals surface area contributed by atoms with E-state index in [2.05, 4.69) is 39.2 Å². The number of urea groups is 1. The molecule has 0 fully saturated rings. The monoisotopic (exact) mass is 390 g/mol. The van der Waals surface area contributed by atoms with Crippen molar-refractivity contribution in [2.45, 2.75) is 32.9 Å². The molecule has 1 unspecified atom stereocenters. The van der Waals surface area contributed by atoms with Crippen LogP contribution < -0.4 is 16.0 Å². The fourth-order valence-corrected chi connectivity index (χ4v) is 3.97. The highest BCUT2D eigenvalue weighted by molar-refractivity contribution is 7.10. The van der Waals surface area contributed by atoms with Crippen LogP contribution in [-0.2, 0) is 17.8 Å². The van der Waals surface area contributed by atoms with Gasteiger partial charge in [-0.2, -0.15) is 0 Å². The van der Waals surface area contributed by atoms with Gasteiger partial charge in [-0.1, -0.05) is 0 Å². The molecule has 0 saturated heterocycles. The van der Waals surface area contributed by atoms with Crippen LogP contribution in [0.25, 0.3) is 0 Å². The smallest absolute Gasteiger partial charge is 0.319 e. The molecular weight excluding hydrogens is 367 g/mol. The highest BCUT2D eigenvalue weighted by Gasteiger charge is 2.21. The van der Waals surface area contributed by atoms with Gasteiger partial charge < -0.3 is 16.0 Å². The summed E-state index contributed by atoms with van der Waals surface area (Å²) in [4.78, 5) is 27.0. The zero-order chi connectivity index (χ0) is 19.4. The molecule has 1 aromatic carbocycles. The molecule has 8 heteroatoms. The number of benzene rings is 1. The van der Waals surface area contributed by atoms with Crippen molar-refractivity contribution >= 4 is 34.6 Å². The lowest BCUT2D eigenvalue weighted by molar-refractivity contribution is -0.114. The predicted octanol–water partition coefficient (Wildman–Crippen LogP) is 3.41. The normalized spacial score (nSPS) is 14.9. The van der Waals surface area contributed by atoms with E-state index in [1.165, 1.54) is 35.6 Å².